The van der Waals surface area contributed by atoms with E-state index in [1.165, 1.54) is 4.31 Å². The summed E-state index contributed by atoms with van der Waals surface area (Å²) in [6.45, 7) is 11.5. The van der Waals surface area contributed by atoms with Crippen molar-refractivity contribution in [2.75, 3.05) is 32.8 Å². The molecule has 2 aromatic carbocycles. The van der Waals surface area contributed by atoms with Crippen molar-refractivity contribution in [2.45, 2.75) is 44.9 Å². The molecular formula is C24H32N2O4S. The van der Waals surface area contributed by atoms with Crippen LogP contribution in [0.5, 0.6) is 5.75 Å². The van der Waals surface area contributed by atoms with Gasteiger partial charge in [-0.3, -0.25) is 4.79 Å². The van der Waals surface area contributed by atoms with E-state index in [2.05, 4.69) is 20.8 Å². The summed E-state index contributed by atoms with van der Waals surface area (Å²) in [5, 5.41) is 0. The molecule has 0 radical (unpaired) electrons. The smallest absolute Gasteiger partial charge is 0.260 e. The van der Waals surface area contributed by atoms with Gasteiger partial charge < -0.3 is 9.64 Å². The zero-order valence-corrected chi connectivity index (χ0v) is 19.8. The molecule has 31 heavy (non-hydrogen) atoms. The molecule has 1 amide bonds. The molecule has 1 aliphatic heterocycles. The fraction of sp³-hybridized carbons (Fsp3) is 0.458. The lowest BCUT2D eigenvalue weighted by Crippen LogP contribution is -2.51. The van der Waals surface area contributed by atoms with E-state index in [1.54, 1.807) is 17.0 Å². The molecule has 0 bridgehead atoms. The second kappa shape index (κ2) is 9.01. The number of hydrogen-bond donors (Lipinski definition) is 0. The molecule has 0 spiro atoms. The van der Waals surface area contributed by atoms with Crippen molar-refractivity contribution in [3.63, 3.8) is 0 Å². The molecule has 0 saturated carbocycles. The summed E-state index contributed by atoms with van der Waals surface area (Å²) in [5.74, 6) is 0.570. The van der Waals surface area contributed by atoms with Crippen molar-refractivity contribution in [1.29, 1.82) is 0 Å². The molecule has 1 heterocycles. The number of aryl methyl sites for hydroxylation is 1. The minimum absolute atomic E-state index is 0.0344. The summed E-state index contributed by atoms with van der Waals surface area (Å²) in [7, 11) is -3.57. The van der Waals surface area contributed by atoms with Crippen LogP contribution in [0.25, 0.3) is 0 Å². The maximum Gasteiger partial charge on any atom is 0.260 e. The maximum atomic E-state index is 13.0. The van der Waals surface area contributed by atoms with Crippen molar-refractivity contribution in [1.82, 2.24) is 9.21 Å². The van der Waals surface area contributed by atoms with Gasteiger partial charge in [0.1, 0.15) is 5.75 Å². The largest absolute Gasteiger partial charge is 0.483 e. The lowest BCUT2D eigenvalue weighted by atomic mass is 9.87. The number of carbonyl (C=O) groups is 1. The maximum absolute atomic E-state index is 13.0. The number of piperazine rings is 1. The standard InChI is InChI=1S/C24H32N2O4S/c1-18-7-6-8-22(19(18)2)30-17-23(27)25-13-15-26(16-14-25)31(28,29)21-11-9-20(10-12-21)24(3,4)5/h6-12H,13-17H2,1-5H3. The van der Waals surface area contributed by atoms with Crippen LogP contribution in [-0.4, -0.2) is 56.3 Å². The van der Waals surface area contributed by atoms with E-state index in [0.717, 1.165) is 16.7 Å². The van der Waals surface area contributed by atoms with Gasteiger partial charge in [0.25, 0.3) is 5.91 Å². The summed E-state index contributed by atoms with van der Waals surface area (Å²) < 4.78 is 33.2. The van der Waals surface area contributed by atoms with E-state index >= 15 is 0 Å². The molecule has 0 N–H and O–H groups in total. The van der Waals surface area contributed by atoms with Gasteiger partial charge in [0.2, 0.25) is 10.0 Å². The van der Waals surface area contributed by atoms with E-state index in [0.29, 0.717) is 23.7 Å². The molecule has 1 saturated heterocycles. The molecule has 2 aromatic rings. The molecule has 1 fully saturated rings. The van der Waals surface area contributed by atoms with Gasteiger partial charge in [0.05, 0.1) is 4.90 Å². The minimum Gasteiger partial charge on any atom is -0.483 e. The number of ether oxygens (including phenoxy) is 1. The van der Waals surface area contributed by atoms with Crippen LogP contribution in [0.3, 0.4) is 0 Å². The van der Waals surface area contributed by atoms with Crippen molar-refractivity contribution in [3.05, 3.63) is 59.2 Å². The topological polar surface area (TPSA) is 66.9 Å². The van der Waals surface area contributed by atoms with E-state index in [9.17, 15) is 13.2 Å². The third-order valence-electron chi connectivity index (χ3n) is 5.86. The SMILES string of the molecule is Cc1cccc(OCC(=O)N2CCN(S(=O)(=O)c3ccc(C(C)(C)C)cc3)CC2)c1C. The minimum atomic E-state index is -3.57. The number of nitrogens with zero attached hydrogens (tertiary/aromatic N) is 2. The predicted octanol–water partition coefficient (Wildman–Crippen LogP) is 3.51. The highest BCUT2D eigenvalue weighted by atomic mass is 32.2. The molecule has 0 unspecified atom stereocenters. The molecule has 7 heteroatoms. The summed E-state index contributed by atoms with van der Waals surface area (Å²) in [6.07, 6.45) is 0. The summed E-state index contributed by atoms with van der Waals surface area (Å²) in [5.41, 5.74) is 3.18. The second-order valence-corrected chi connectivity index (χ2v) is 11.0. The first-order valence-electron chi connectivity index (χ1n) is 10.6. The zero-order valence-electron chi connectivity index (χ0n) is 19.0. The fourth-order valence-corrected chi connectivity index (χ4v) is 4.99. The normalized spacial score (nSPS) is 15.7. The summed E-state index contributed by atoms with van der Waals surface area (Å²) in [6, 6.07) is 12.8. The quantitative estimate of drug-likeness (QED) is 0.708. The van der Waals surface area contributed by atoms with Gasteiger partial charge in [0, 0.05) is 26.2 Å². The van der Waals surface area contributed by atoms with Crippen LogP contribution in [0.1, 0.15) is 37.5 Å². The van der Waals surface area contributed by atoms with Gasteiger partial charge >= 0.3 is 0 Å². The average molecular weight is 445 g/mol. The van der Waals surface area contributed by atoms with Gasteiger partial charge in [-0.25, -0.2) is 8.42 Å². The highest BCUT2D eigenvalue weighted by Crippen LogP contribution is 2.25. The molecule has 6 nitrogen and oxygen atoms in total. The molecule has 1 aliphatic rings. The van der Waals surface area contributed by atoms with Gasteiger partial charge in [0.15, 0.2) is 6.61 Å². The average Bonchev–Trinajstić information content (AvgIpc) is 2.74. The summed E-state index contributed by atoms with van der Waals surface area (Å²) in [4.78, 5) is 14.5. The Balaban J connectivity index is 1.58. The van der Waals surface area contributed by atoms with Crippen molar-refractivity contribution in [2.24, 2.45) is 0 Å². The van der Waals surface area contributed by atoms with Gasteiger partial charge in [-0.1, -0.05) is 45.0 Å². The molecule has 0 aliphatic carbocycles. The van der Waals surface area contributed by atoms with E-state index < -0.39 is 10.0 Å². The molecule has 0 aromatic heterocycles. The van der Waals surface area contributed by atoms with Crippen molar-refractivity contribution < 1.29 is 17.9 Å². The van der Waals surface area contributed by atoms with Crippen LogP contribution in [0.15, 0.2) is 47.4 Å². The zero-order chi connectivity index (χ0) is 22.8. The first-order valence-corrected chi connectivity index (χ1v) is 12.0. The Hall–Kier alpha value is -2.38. The Morgan fingerprint density at radius 2 is 1.58 bits per heavy atom. The van der Waals surface area contributed by atoms with Crippen LogP contribution in [0.2, 0.25) is 0 Å². The first kappa shape index (κ1) is 23.3. The van der Waals surface area contributed by atoms with Crippen LogP contribution in [0.4, 0.5) is 0 Å². The first-order chi connectivity index (χ1) is 14.5. The number of sulfonamides is 1. The molecular weight excluding hydrogens is 412 g/mol. The highest BCUT2D eigenvalue weighted by molar-refractivity contribution is 7.89. The van der Waals surface area contributed by atoms with Crippen LogP contribution in [0, 0.1) is 13.8 Å². The number of amides is 1. The number of rotatable bonds is 5. The number of carbonyl (C=O) groups excluding carboxylic acids is 1. The Morgan fingerprint density at radius 1 is 0.968 bits per heavy atom. The second-order valence-electron chi connectivity index (χ2n) is 9.05. The van der Waals surface area contributed by atoms with E-state index in [1.807, 2.05) is 44.2 Å². The van der Waals surface area contributed by atoms with Crippen LogP contribution < -0.4 is 4.74 Å². The number of hydrogen-bond acceptors (Lipinski definition) is 4. The highest BCUT2D eigenvalue weighted by Gasteiger charge is 2.30. The summed E-state index contributed by atoms with van der Waals surface area (Å²) >= 11 is 0. The number of benzene rings is 2. The Labute approximate surface area is 185 Å². The van der Waals surface area contributed by atoms with E-state index in [-0.39, 0.29) is 31.0 Å². The third-order valence-corrected chi connectivity index (χ3v) is 7.77. The Kier molecular flexibility index (Phi) is 6.76. The van der Waals surface area contributed by atoms with Gasteiger partial charge in [-0.15, -0.1) is 0 Å². The van der Waals surface area contributed by atoms with Crippen molar-refractivity contribution in [3.8, 4) is 5.75 Å². The predicted molar refractivity (Wildman–Crippen MR) is 122 cm³/mol. The molecule has 3 rings (SSSR count). The third kappa shape index (κ3) is 5.28. The lowest BCUT2D eigenvalue weighted by Gasteiger charge is -2.34. The molecule has 0 atom stereocenters. The van der Waals surface area contributed by atoms with Gasteiger partial charge in [-0.2, -0.15) is 4.31 Å². The Morgan fingerprint density at radius 3 is 2.16 bits per heavy atom. The fourth-order valence-electron chi connectivity index (χ4n) is 3.57. The monoisotopic (exact) mass is 444 g/mol. The lowest BCUT2D eigenvalue weighted by molar-refractivity contribution is -0.134. The van der Waals surface area contributed by atoms with Crippen LogP contribution in [-0.2, 0) is 20.2 Å². The van der Waals surface area contributed by atoms with Crippen LogP contribution >= 0.6 is 0 Å². The Bertz CT molecular complexity index is 1030. The molecule has 168 valence electrons. The van der Waals surface area contributed by atoms with E-state index in [4.69, 9.17) is 4.74 Å². The van der Waals surface area contributed by atoms with Gasteiger partial charge in [-0.05, 0) is 54.2 Å². The van der Waals surface area contributed by atoms with Crippen molar-refractivity contribution >= 4 is 15.9 Å².